The number of piperazine rings is 1. The monoisotopic (exact) mass is 272 g/mol. The molecule has 1 aliphatic rings. The van der Waals surface area contributed by atoms with E-state index >= 15 is 0 Å². The van der Waals surface area contributed by atoms with Crippen molar-refractivity contribution in [1.82, 2.24) is 19.2 Å². The predicted molar refractivity (Wildman–Crippen MR) is 77.7 cm³/mol. The molecular weight excluding hydrogens is 252 g/mol. The van der Waals surface area contributed by atoms with E-state index in [1.54, 1.807) is 0 Å². The molecular formula is C15H20N4O. The van der Waals surface area contributed by atoms with E-state index in [0.717, 1.165) is 37.5 Å². The van der Waals surface area contributed by atoms with Crippen LogP contribution in [0.5, 0.6) is 0 Å². The van der Waals surface area contributed by atoms with Crippen LogP contribution in [0.25, 0.3) is 5.65 Å². The van der Waals surface area contributed by atoms with Crippen LogP contribution in [0.2, 0.25) is 0 Å². The molecule has 1 saturated heterocycles. The molecule has 106 valence electrons. The quantitative estimate of drug-likeness (QED) is 0.817. The lowest BCUT2D eigenvalue weighted by molar-refractivity contribution is -0.132. The molecule has 5 heteroatoms. The molecule has 2 aromatic rings. The SMILES string of the molecule is Cc1ccn2cc(CC(=O)N3CCN(C)CC3)nc2c1. The zero-order chi connectivity index (χ0) is 14.1. The third kappa shape index (κ3) is 2.67. The van der Waals surface area contributed by atoms with Crippen LogP contribution >= 0.6 is 0 Å². The van der Waals surface area contributed by atoms with E-state index in [-0.39, 0.29) is 5.91 Å². The fourth-order valence-corrected chi connectivity index (χ4v) is 2.54. The molecule has 0 spiro atoms. The highest BCUT2D eigenvalue weighted by atomic mass is 16.2. The summed E-state index contributed by atoms with van der Waals surface area (Å²) >= 11 is 0. The maximum Gasteiger partial charge on any atom is 0.228 e. The second-order valence-corrected chi connectivity index (χ2v) is 5.56. The number of hydrogen-bond donors (Lipinski definition) is 0. The normalized spacial score (nSPS) is 16.8. The van der Waals surface area contributed by atoms with Gasteiger partial charge in [0.25, 0.3) is 0 Å². The van der Waals surface area contributed by atoms with Gasteiger partial charge >= 0.3 is 0 Å². The Labute approximate surface area is 118 Å². The molecule has 0 unspecified atom stereocenters. The minimum absolute atomic E-state index is 0.179. The average molecular weight is 272 g/mol. The highest BCUT2D eigenvalue weighted by molar-refractivity contribution is 5.78. The van der Waals surface area contributed by atoms with Crippen molar-refractivity contribution in [2.75, 3.05) is 33.2 Å². The molecule has 0 radical (unpaired) electrons. The smallest absolute Gasteiger partial charge is 0.228 e. The summed E-state index contributed by atoms with van der Waals surface area (Å²) in [7, 11) is 2.09. The number of rotatable bonds is 2. The van der Waals surface area contributed by atoms with Gasteiger partial charge in [-0.3, -0.25) is 4.79 Å². The first-order valence-electron chi connectivity index (χ1n) is 7.02. The van der Waals surface area contributed by atoms with Crippen molar-refractivity contribution < 1.29 is 4.79 Å². The summed E-state index contributed by atoms with van der Waals surface area (Å²) in [5.74, 6) is 0.179. The summed E-state index contributed by atoms with van der Waals surface area (Å²) in [6.07, 6.45) is 4.33. The van der Waals surface area contributed by atoms with Crippen LogP contribution in [-0.4, -0.2) is 58.3 Å². The molecule has 1 fully saturated rings. The van der Waals surface area contributed by atoms with Gasteiger partial charge in [0.2, 0.25) is 5.91 Å². The topological polar surface area (TPSA) is 40.9 Å². The fraction of sp³-hybridized carbons (Fsp3) is 0.467. The zero-order valence-corrected chi connectivity index (χ0v) is 12.0. The van der Waals surface area contributed by atoms with Crippen molar-refractivity contribution in [3.05, 3.63) is 35.8 Å². The molecule has 3 rings (SSSR count). The van der Waals surface area contributed by atoms with E-state index in [4.69, 9.17) is 0 Å². The highest BCUT2D eigenvalue weighted by Crippen LogP contribution is 2.10. The molecule has 0 saturated carbocycles. The molecule has 5 nitrogen and oxygen atoms in total. The first-order valence-corrected chi connectivity index (χ1v) is 7.02. The number of imidazole rings is 1. The van der Waals surface area contributed by atoms with E-state index in [0.29, 0.717) is 6.42 Å². The molecule has 0 N–H and O–H groups in total. The first-order chi connectivity index (χ1) is 9.61. The summed E-state index contributed by atoms with van der Waals surface area (Å²) in [6.45, 7) is 5.60. The van der Waals surface area contributed by atoms with Crippen LogP contribution in [0.1, 0.15) is 11.3 Å². The standard InChI is InChI=1S/C15H20N4O/c1-12-3-4-19-11-13(16-14(19)9-12)10-15(20)18-7-5-17(2)6-8-18/h3-4,9,11H,5-8,10H2,1-2H3. The average Bonchev–Trinajstić information content (AvgIpc) is 2.80. The van der Waals surface area contributed by atoms with E-state index in [1.165, 1.54) is 5.56 Å². The van der Waals surface area contributed by atoms with Crippen LogP contribution < -0.4 is 0 Å². The Morgan fingerprint density at radius 3 is 2.80 bits per heavy atom. The predicted octanol–water partition coefficient (Wildman–Crippen LogP) is 0.959. The van der Waals surface area contributed by atoms with Crippen LogP contribution in [-0.2, 0) is 11.2 Å². The molecule has 3 heterocycles. The van der Waals surface area contributed by atoms with Crippen LogP contribution in [0.15, 0.2) is 24.5 Å². The largest absolute Gasteiger partial charge is 0.340 e. The van der Waals surface area contributed by atoms with Gasteiger partial charge in [-0.15, -0.1) is 0 Å². The van der Waals surface area contributed by atoms with Gasteiger partial charge in [0.1, 0.15) is 5.65 Å². The molecule has 0 aromatic carbocycles. The van der Waals surface area contributed by atoms with Gasteiger partial charge in [-0.1, -0.05) is 0 Å². The lowest BCUT2D eigenvalue weighted by Crippen LogP contribution is -2.47. The van der Waals surface area contributed by atoms with Gasteiger partial charge in [0.05, 0.1) is 12.1 Å². The van der Waals surface area contributed by atoms with Crippen molar-refractivity contribution >= 4 is 11.6 Å². The van der Waals surface area contributed by atoms with Crippen LogP contribution in [0.4, 0.5) is 0 Å². The van der Waals surface area contributed by atoms with Crippen molar-refractivity contribution in [2.45, 2.75) is 13.3 Å². The van der Waals surface area contributed by atoms with Crippen molar-refractivity contribution in [1.29, 1.82) is 0 Å². The number of aromatic nitrogens is 2. The Morgan fingerprint density at radius 1 is 1.30 bits per heavy atom. The lowest BCUT2D eigenvalue weighted by atomic mass is 10.2. The number of amides is 1. The van der Waals surface area contributed by atoms with Gasteiger partial charge in [0, 0.05) is 38.6 Å². The van der Waals surface area contributed by atoms with E-state index in [2.05, 4.69) is 16.9 Å². The van der Waals surface area contributed by atoms with Gasteiger partial charge in [0.15, 0.2) is 0 Å². The number of carbonyl (C=O) groups excluding carboxylic acids is 1. The number of fused-ring (bicyclic) bond motifs is 1. The van der Waals surface area contributed by atoms with Crippen LogP contribution in [0, 0.1) is 6.92 Å². The van der Waals surface area contributed by atoms with Gasteiger partial charge in [-0.05, 0) is 31.7 Å². The second kappa shape index (κ2) is 5.25. The minimum Gasteiger partial charge on any atom is -0.340 e. The number of carbonyl (C=O) groups is 1. The Morgan fingerprint density at radius 2 is 2.05 bits per heavy atom. The summed E-state index contributed by atoms with van der Waals surface area (Å²) in [5.41, 5.74) is 2.94. The highest BCUT2D eigenvalue weighted by Gasteiger charge is 2.19. The van der Waals surface area contributed by atoms with E-state index in [1.807, 2.05) is 40.8 Å². The fourth-order valence-electron chi connectivity index (χ4n) is 2.54. The Hall–Kier alpha value is -1.88. The summed E-state index contributed by atoms with van der Waals surface area (Å²) in [5, 5.41) is 0. The van der Waals surface area contributed by atoms with E-state index < -0.39 is 0 Å². The summed E-state index contributed by atoms with van der Waals surface area (Å²) in [4.78, 5) is 21.0. The summed E-state index contributed by atoms with van der Waals surface area (Å²) < 4.78 is 1.97. The Kier molecular flexibility index (Phi) is 3.44. The van der Waals surface area contributed by atoms with Crippen LogP contribution in [0.3, 0.4) is 0 Å². The number of nitrogens with zero attached hydrogens (tertiary/aromatic N) is 4. The third-order valence-electron chi connectivity index (χ3n) is 3.85. The molecule has 1 aliphatic heterocycles. The second-order valence-electron chi connectivity index (χ2n) is 5.56. The van der Waals surface area contributed by atoms with E-state index in [9.17, 15) is 4.79 Å². The number of aryl methyl sites for hydroxylation is 1. The van der Waals surface area contributed by atoms with Crippen molar-refractivity contribution in [3.63, 3.8) is 0 Å². The maximum atomic E-state index is 12.3. The van der Waals surface area contributed by atoms with Gasteiger partial charge < -0.3 is 14.2 Å². The van der Waals surface area contributed by atoms with Gasteiger partial charge in [-0.2, -0.15) is 0 Å². The summed E-state index contributed by atoms with van der Waals surface area (Å²) in [6, 6.07) is 4.07. The third-order valence-corrected chi connectivity index (χ3v) is 3.85. The maximum absolute atomic E-state index is 12.3. The zero-order valence-electron chi connectivity index (χ0n) is 12.0. The number of likely N-dealkylation sites (N-methyl/N-ethyl adjacent to an activating group) is 1. The number of hydrogen-bond acceptors (Lipinski definition) is 3. The molecule has 2 aromatic heterocycles. The van der Waals surface area contributed by atoms with Crippen molar-refractivity contribution in [2.24, 2.45) is 0 Å². The molecule has 0 bridgehead atoms. The minimum atomic E-state index is 0.179. The Balaban J connectivity index is 1.71. The Bertz CT molecular complexity index is 626. The molecule has 0 atom stereocenters. The lowest BCUT2D eigenvalue weighted by Gasteiger charge is -2.32. The van der Waals surface area contributed by atoms with Crippen molar-refractivity contribution in [3.8, 4) is 0 Å². The number of pyridine rings is 1. The molecule has 0 aliphatic carbocycles. The first kappa shape index (κ1) is 13.1. The molecule has 20 heavy (non-hydrogen) atoms. The molecule has 1 amide bonds. The van der Waals surface area contributed by atoms with Gasteiger partial charge in [-0.25, -0.2) is 4.98 Å².